The second kappa shape index (κ2) is 9.31. The summed E-state index contributed by atoms with van der Waals surface area (Å²) >= 11 is 3.56. The first-order valence-electron chi connectivity index (χ1n) is 6.39. The number of methoxy groups -OCH3 is 1. The molecule has 0 aliphatic heterocycles. The molecule has 0 aliphatic carbocycles. The van der Waals surface area contributed by atoms with Crippen LogP contribution in [0.5, 0.6) is 5.75 Å². The fourth-order valence-corrected chi connectivity index (χ4v) is 1.91. The SMILES string of the molecule is COCCNCc1cc(OCCN(C)C)ccc1Br. The third-order valence-electron chi connectivity index (χ3n) is 2.62. The lowest BCUT2D eigenvalue weighted by molar-refractivity contribution is 0.199. The lowest BCUT2D eigenvalue weighted by Gasteiger charge is -2.13. The molecule has 0 saturated heterocycles. The van der Waals surface area contributed by atoms with Crippen LogP contribution in [0.25, 0.3) is 0 Å². The zero-order valence-corrected chi connectivity index (χ0v) is 13.5. The highest BCUT2D eigenvalue weighted by Gasteiger charge is 2.03. The van der Waals surface area contributed by atoms with Gasteiger partial charge < -0.3 is 19.7 Å². The molecule has 0 radical (unpaired) electrons. The Balaban J connectivity index is 2.46. The van der Waals surface area contributed by atoms with Crippen LogP contribution in [0.4, 0.5) is 0 Å². The summed E-state index contributed by atoms with van der Waals surface area (Å²) in [4.78, 5) is 2.10. The smallest absolute Gasteiger partial charge is 0.119 e. The molecule has 0 fully saturated rings. The molecule has 108 valence electrons. The Morgan fingerprint density at radius 3 is 2.74 bits per heavy atom. The van der Waals surface area contributed by atoms with Crippen molar-refractivity contribution in [2.45, 2.75) is 6.54 Å². The Bertz CT molecular complexity index is 372. The number of hydrogen-bond donors (Lipinski definition) is 1. The van der Waals surface area contributed by atoms with Crippen LogP contribution in [0.1, 0.15) is 5.56 Å². The maximum absolute atomic E-state index is 5.72. The van der Waals surface area contributed by atoms with Gasteiger partial charge in [0, 0.05) is 31.2 Å². The van der Waals surface area contributed by atoms with Gasteiger partial charge in [-0.25, -0.2) is 0 Å². The van der Waals surface area contributed by atoms with E-state index in [1.807, 2.05) is 26.2 Å². The highest BCUT2D eigenvalue weighted by molar-refractivity contribution is 9.10. The highest BCUT2D eigenvalue weighted by atomic mass is 79.9. The second-order valence-corrected chi connectivity index (χ2v) is 5.43. The summed E-state index contributed by atoms with van der Waals surface area (Å²) in [5.74, 6) is 0.911. The van der Waals surface area contributed by atoms with E-state index in [4.69, 9.17) is 9.47 Å². The Morgan fingerprint density at radius 2 is 2.05 bits per heavy atom. The first-order chi connectivity index (χ1) is 9.13. The molecule has 1 rings (SSSR count). The molecule has 1 aromatic rings. The number of likely N-dealkylation sites (N-methyl/N-ethyl adjacent to an activating group) is 1. The zero-order valence-electron chi connectivity index (χ0n) is 11.9. The maximum atomic E-state index is 5.72. The van der Waals surface area contributed by atoms with Gasteiger partial charge in [-0.2, -0.15) is 0 Å². The monoisotopic (exact) mass is 330 g/mol. The molecule has 4 nitrogen and oxygen atoms in total. The van der Waals surface area contributed by atoms with Gasteiger partial charge in [0.2, 0.25) is 0 Å². The minimum atomic E-state index is 0.700. The van der Waals surface area contributed by atoms with Crippen LogP contribution >= 0.6 is 15.9 Å². The second-order valence-electron chi connectivity index (χ2n) is 4.57. The average Bonchev–Trinajstić information content (AvgIpc) is 2.37. The van der Waals surface area contributed by atoms with Crippen molar-refractivity contribution in [3.8, 4) is 5.75 Å². The number of benzene rings is 1. The molecule has 19 heavy (non-hydrogen) atoms. The minimum absolute atomic E-state index is 0.700. The van der Waals surface area contributed by atoms with Gasteiger partial charge in [0.1, 0.15) is 12.4 Å². The number of halogens is 1. The van der Waals surface area contributed by atoms with Gasteiger partial charge in [0.05, 0.1) is 6.61 Å². The van der Waals surface area contributed by atoms with Gasteiger partial charge in [-0.15, -0.1) is 0 Å². The van der Waals surface area contributed by atoms with Gasteiger partial charge in [-0.3, -0.25) is 0 Å². The Hall–Kier alpha value is -0.620. The van der Waals surface area contributed by atoms with Gasteiger partial charge in [-0.05, 0) is 37.9 Å². The number of nitrogens with zero attached hydrogens (tertiary/aromatic N) is 1. The number of hydrogen-bond acceptors (Lipinski definition) is 4. The first kappa shape index (κ1) is 16.4. The lowest BCUT2D eigenvalue weighted by atomic mass is 10.2. The van der Waals surface area contributed by atoms with Crippen molar-refractivity contribution in [2.24, 2.45) is 0 Å². The molecule has 0 aromatic heterocycles. The number of rotatable bonds is 9. The van der Waals surface area contributed by atoms with Crippen LogP contribution in [0.2, 0.25) is 0 Å². The van der Waals surface area contributed by atoms with Crippen LogP contribution in [0.15, 0.2) is 22.7 Å². The van der Waals surface area contributed by atoms with Gasteiger partial charge >= 0.3 is 0 Å². The van der Waals surface area contributed by atoms with Crippen molar-refractivity contribution in [3.63, 3.8) is 0 Å². The summed E-state index contributed by atoms with van der Waals surface area (Å²) in [6.07, 6.45) is 0. The van der Waals surface area contributed by atoms with Crippen LogP contribution in [-0.4, -0.2) is 52.4 Å². The van der Waals surface area contributed by atoms with E-state index in [9.17, 15) is 0 Å². The van der Waals surface area contributed by atoms with Crippen molar-refractivity contribution in [2.75, 3.05) is 47.5 Å². The topological polar surface area (TPSA) is 33.7 Å². The van der Waals surface area contributed by atoms with Crippen LogP contribution in [-0.2, 0) is 11.3 Å². The van der Waals surface area contributed by atoms with E-state index in [1.165, 1.54) is 5.56 Å². The van der Waals surface area contributed by atoms with Gasteiger partial charge in [-0.1, -0.05) is 15.9 Å². The van der Waals surface area contributed by atoms with Crippen molar-refractivity contribution in [3.05, 3.63) is 28.2 Å². The largest absolute Gasteiger partial charge is 0.492 e. The minimum Gasteiger partial charge on any atom is -0.492 e. The molecule has 0 spiro atoms. The predicted molar refractivity (Wildman–Crippen MR) is 81.8 cm³/mol. The molecule has 0 atom stereocenters. The van der Waals surface area contributed by atoms with Crippen LogP contribution in [0, 0.1) is 0 Å². The summed E-state index contributed by atoms with van der Waals surface area (Å²) in [7, 11) is 5.78. The summed E-state index contributed by atoms with van der Waals surface area (Å²) in [5.41, 5.74) is 1.19. The summed E-state index contributed by atoms with van der Waals surface area (Å²) < 4.78 is 11.8. The van der Waals surface area contributed by atoms with E-state index >= 15 is 0 Å². The molecule has 0 unspecified atom stereocenters. The lowest BCUT2D eigenvalue weighted by Crippen LogP contribution is -2.20. The summed E-state index contributed by atoms with van der Waals surface area (Å²) in [6.45, 7) is 3.97. The summed E-state index contributed by atoms with van der Waals surface area (Å²) in [5, 5.41) is 3.33. The van der Waals surface area contributed by atoms with Crippen LogP contribution in [0.3, 0.4) is 0 Å². The normalized spacial score (nSPS) is 11.0. The molecule has 0 heterocycles. The molecule has 0 aliphatic rings. The molecule has 0 amide bonds. The molecule has 0 bridgehead atoms. The van der Waals surface area contributed by atoms with Crippen molar-refractivity contribution < 1.29 is 9.47 Å². The molecule has 1 N–H and O–H groups in total. The fourth-order valence-electron chi connectivity index (χ4n) is 1.52. The molecule has 1 aromatic carbocycles. The van der Waals surface area contributed by atoms with E-state index in [0.29, 0.717) is 6.61 Å². The van der Waals surface area contributed by atoms with E-state index in [0.717, 1.165) is 36.5 Å². The molecule has 5 heteroatoms. The molecule has 0 saturated carbocycles. The fraction of sp³-hybridized carbons (Fsp3) is 0.571. The van der Waals surface area contributed by atoms with E-state index in [2.05, 4.69) is 32.2 Å². The van der Waals surface area contributed by atoms with E-state index < -0.39 is 0 Å². The molecular formula is C14H23BrN2O2. The Morgan fingerprint density at radius 1 is 1.26 bits per heavy atom. The highest BCUT2D eigenvalue weighted by Crippen LogP contribution is 2.22. The van der Waals surface area contributed by atoms with Gasteiger partial charge in [0.15, 0.2) is 0 Å². The molecular weight excluding hydrogens is 308 g/mol. The Kier molecular flexibility index (Phi) is 8.05. The standard InChI is InChI=1S/C14H23BrN2O2/c1-17(2)7-9-19-13-4-5-14(15)12(10-13)11-16-6-8-18-3/h4-5,10,16H,6-9,11H2,1-3H3. The Labute approximate surface area is 124 Å². The van der Waals surface area contributed by atoms with E-state index in [-0.39, 0.29) is 0 Å². The van der Waals surface area contributed by atoms with Crippen molar-refractivity contribution in [1.82, 2.24) is 10.2 Å². The van der Waals surface area contributed by atoms with Crippen LogP contribution < -0.4 is 10.1 Å². The number of ether oxygens (including phenoxy) is 2. The van der Waals surface area contributed by atoms with Crippen molar-refractivity contribution in [1.29, 1.82) is 0 Å². The third kappa shape index (κ3) is 6.92. The predicted octanol–water partition coefficient (Wildman–Crippen LogP) is 2.13. The van der Waals surface area contributed by atoms with Crippen molar-refractivity contribution >= 4 is 15.9 Å². The first-order valence-corrected chi connectivity index (χ1v) is 7.18. The summed E-state index contributed by atoms with van der Waals surface area (Å²) in [6, 6.07) is 6.08. The quantitative estimate of drug-likeness (QED) is 0.703. The zero-order chi connectivity index (χ0) is 14.1. The van der Waals surface area contributed by atoms with E-state index in [1.54, 1.807) is 7.11 Å². The number of nitrogens with one attached hydrogen (secondary N) is 1. The third-order valence-corrected chi connectivity index (χ3v) is 3.40. The van der Waals surface area contributed by atoms with Gasteiger partial charge in [0.25, 0.3) is 0 Å². The maximum Gasteiger partial charge on any atom is 0.119 e. The average molecular weight is 331 g/mol.